The molecule has 0 spiro atoms. The highest BCUT2D eigenvalue weighted by Crippen LogP contribution is 2.12. The maximum absolute atomic E-state index is 11.9. The zero-order valence-corrected chi connectivity index (χ0v) is 16.5. The van der Waals surface area contributed by atoms with Crippen LogP contribution in [0.2, 0.25) is 0 Å². The van der Waals surface area contributed by atoms with E-state index in [-0.39, 0.29) is 18.1 Å². The smallest absolute Gasteiger partial charge is 0.239 e. The Hall–Kier alpha value is -1.71. The number of carbonyl (C=O) groups is 1. The third kappa shape index (κ3) is 9.12. The minimum atomic E-state index is -3.46. The van der Waals surface area contributed by atoms with E-state index >= 15 is 0 Å². The van der Waals surface area contributed by atoms with Gasteiger partial charge in [0, 0.05) is 12.2 Å². The largest absolute Gasteiger partial charge is 0.325 e. The highest BCUT2D eigenvalue weighted by molar-refractivity contribution is 7.92. The summed E-state index contributed by atoms with van der Waals surface area (Å²) in [5, 5.41) is 2.52. The third-order valence-corrected chi connectivity index (χ3v) is 6.38. The standard InChI is InChI=1S/C17H26N2O5S2/c1-3-5-6-12-25(21,22)14-17(20)19-16-9-7-15(8-10-16)13-26(23,24)18-11-4-2/h4,7-10,18H,2-3,5-6,11-14H2,1H3,(H,19,20). The number of rotatable bonds is 12. The van der Waals surface area contributed by atoms with Crippen LogP contribution in [0.1, 0.15) is 31.7 Å². The van der Waals surface area contributed by atoms with Crippen LogP contribution in [0, 0.1) is 0 Å². The van der Waals surface area contributed by atoms with Crippen molar-refractivity contribution in [3.63, 3.8) is 0 Å². The van der Waals surface area contributed by atoms with Crippen LogP contribution in [0.15, 0.2) is 36.9 Å². The molecule has 0 unspecified atom stereocenters. The SMILES string of the molecule is C=CCNS(=O)(=O)Cc1ccc(NC(=O)CS(=O)(=O)CCCCC)cc1. The van der Waals surface area contributed by atoms with Gasteiger partial charge in [-0.3, -0.25) is 4.79 Å². The molecule has 0 aliphatic carbocycles. The topological polar surface area (TPSA) is 109 Å². The van der Waals surface area contributed by atoms with Crippen molar-refractivity contribution in [2.45, 2.75) is 31.9 Å². The third-order valence-electron chi connectivity index (χ3n) is 3.45. The molecule has 2 N–H and O–H groups in total. The number of sulfone groups is 1. The zero-order chi connectivity index (χ0) is 19.6. The Morgan fingerprint density at radius 3 is 2.35 bits per heavy atom. The lowest BCUT2D eigenvalue weighted by Gasteiger charge is -2.08. The molecule has 0 radical (unpaired) electrons. The first-order chi connectivity index (χ1) is 12.2. The van der Waals surface area contributed by atoms with E-state index < -0.39 is 31.5 Å². The molecule has 9 heteroatoms. The van der Waals surface area contributed by atoms with Crippen molar-refractivity contribution in [2.75, 3.05) is 23.4 Å². The summed E-state index contributed by atoms with van der Waals surface area (Å²) in [6.07, 6.45) is 3.72. The molecule has 0 heterocycles. The molecule has 0 aromatic heterocycles. The van der Waals surface area contributed by atoms with Gasteiger partial charge in [0.25, 0.3) is 0 Å². The second kappa shape index (κ2) is 10.4. The Bertz CT molecular complexity index is 800. The number of sulfonamides is 1. The van der Waals surface area contributed by atoms with E-state index in [1.54, 1.807) is 24.3 Å². The van der Waals surface area contributed by atoms with E-state index in [0.717, 1.165) is 12.8 Å². The number of anilines is 1. The molecule has 1 amide bonds. The van der Waals surface area contributed by atoms with Gasteiger partial charge in [0.15, 0.2) is 9.84 Å². The molecule has 0 fully saturated rings. The normalized spacial score (nSPS) is 11.9. The van der Waals surface area contributed by atoms with Gasteiger partial charge >= 0.3 is 0 Å². The summed E-state index contributed by atoms with van der Waals surface area (Å²) < 4.78 is 49.7. The van der Waals surface area contributed by atoms with Crippen molar-refractivity contribution >= 4 is 31.5 Å². The van der Waals surface area contributed by atoms with Crippen LogP contribution in [0.5, 0.6) is 0 Å². The Balaban J connectivity index is 2.58. The molecular weight excluding hydrogens is 376 g/mol. The summed E-state index contributed by atoms with van der Waals surface area (Å²) in [5.41, 5.74) is 0.964. The average molecular weight is 403 g/mol. The summed E-state index contributed by atoms with van der Waals surface area (Å²) in [6, 6.07) is 6.22. The van der Waals surface area contributed by atoms with Gasteiger partial charge < -0.3 is 5.32 Å². The fourth-order valence-electron chi connectivity index (χ4n) is 2.18. The lowest BCUT2D eigenvalue weighted by atomic mass is 10.2. The van der Waals surface area contributed by atoms with Gasteiger partial charge in [-0.1, -0.05) is 38.0 Å². The van der Waals surface area contributed by atoms with Crippen LogP contribution < -0.4 is 10.0 Å². The second-order valence-electron chi connectivity index (χ2n) is 5.94. The van der Waals surface area contributed by atoms with Gasteiger partial charge in [-0.2, -0.15) is 0 Å². The van der Waals surface area contributed by atoms with E-state index in [2.05, 4.69) is 16.6 Å². The average Bonchev–Trinajstić information content (AvgIpc) is 2.54. The number of nitrogens with one attached hydrogen (secondary N) is 2. The maximum Gasteiger partial charge on any atom is 0.239 e. The number of carbonyl (C=O) groups excluding carboxylic acids is 1. The first-order valence-electron chi connectivity index (χ1n) is 8.35. The minimum absolute atomic E-state index is 0.00274. The molecule has 0 saturated heterocycles. The summed E-state index contributed by atoms with van der Waals surface area (Å²) >= 11 is 0. The summed E-state index contributed by atoms with van der Waals surface area (Å²) in [4.78, 5) is 11.9. The monoisotopic (exact) mass is 402 g/mol. The van der Waals surface area contributed by atoms with Gasteiger partial charge in [0.1, 0.15) is 5.75 Å². The predicted octanol–water partition coefficient (Wildman–Crippen LogP) is 1.84. The van der Waals surface area contributed by atoms with Crippen LogP contribution in [-0.4, -0.2) is 40.8 Å². The van der Waals surface area contributed by atoms with Crippen LogP contribution in [0.3, 0.4) is 0 Å². The number of hydrogen-bond acceptors (Lipinski definition) is 5. The maximum atomic E-state index is 11.9. The van der Waals surface area contributed by atoms with Crippen molar-refractivity contribution in [3.05, 3.63) is 42.5 Å². The first kappa shape index (κ1) is 22.3. The molecule has 0 aliphatic heterocycles. The summed E-state index contributed by atoms with van der Waals surface area (Å²) in [5.74, 6) is -1.35. The molecule has 7 nitrogen and oxygen atoms in total. The van der Waals surface area contributed by atoms with Crippen LogP contribution in [0.4, 0.5) is 5.69 Å². The molecule has 0 saturated carbocycles. The van der Waals surface area contributed by atoms with E-state index in [0.29, 0.717) is 17.7 Å². The Labute approximate surface area is 155 Å². The number of amides is 1. The van der Waals surface area contributed by atoms with Gasteiger partial charge in [-0.05, 0) is 24.1 Å². The van der Waals surface area contributed by atoms with Crippen LogP contribution in [-0.2, 0) is 30.4 Å². The Morgan fingerprint density at radius 2 is 1.77 bits per heavy atom. The number of hydrogen-bond donors (Lipinski definition) is 2. The minimum Gasteiger partial charge on any atom is -0.325 e. The highest BCUT2D eigenvalue weighted by atomic mass is 32.2. The van der Waals surface area contributed by atoms with Gasteiger partial charge in [-0.15, -0.1) is 6.58 Å². The lowest BCUT2D eigenvalue weighted by molar-refractivity contribution is -0.113. The van der Waals surface area contributed by atoms with Gasteiger partial charge in [-0.25, -0.2) is 21.6 Å². The Morgan fingerprint density at radius 1 is 1.12 bits per heavy atom. The molecule has 1 aromatic carbocycles. The zero-order valence-electron chi connectivity index (χ0n) is 14.9. The molecular formula is C17H26N2O5S2. The predicted molar refractivity (Wildman–Crippen MR) is 104 cm³/mol. The fraction of sp³-hybridized carbons (Fsp3) is 0.471. The van der Waals surface area contributed by atoms with Crippen LogP contribution >= 0.6 is 0 Å². The van der Waals surface area contributed by atoms with E-state index in [4.69, 9.17) is 0 Å². The second-order valence-corrected chi connectivity index (χ2v) is 9.93. The van der Waals surface area contributed by atoms with Crippen molar-refractivity contribution in [2.24, 2.45) is 0 Å². The van der Waals surface area contributed by atoms with Crippen molar-refractivity contribution in [1.82, 2.24) is 4.72 Å². The van der Waals surface area contributed by atoms with E-state index in [9.17, 15) is 21.6 Å². The summed E-state index contributed by atoms with van der Waals surface area (Å²) in [7, 11) is -6.88. The van der Waals surface area contributed by atoms with Crippen molar-refractivity contribution in [1.29, 1.82) is 0 Å². The van der Waals surface area contributed by atoms with Gasteiger partial charge in [0.05, 0.1) is 11.5 Å². The van der Waals surface area contributed by atoms with Crippen molar-refractivity contribution in [3.8, 4) is 0 Å². The first-order valence-corrected chi connectivity index (χ1v) is 11.8. The fourth-order valence-corrected chi connectivity index (χ4v) is 4.55. The molecule has 0 aliphatic rings. The Kier molecular flexibility index (Phi) is 8.97. The van der Waals surface area contributed by atoms with Gasteiger partial charge in [0.2, 0.25) is 15.9 Å². The summed E-state index contributed by atoms with van der Waals surface area (Å²) in [6.45, 7) is 5.58. The quantitative estimate of drug-likeness (QED) is 0.409. The van der Waals surface area contributed by atoms with Crippen LogP contribution in [0.25, 0.3) is 0 Å². The highest BCUT2D eigenvalue weighted by Gasteiger charge is 2.16. The molecule has 26 heavy (non-hydrogen) atoms. The van der Waals surface area contributed by atoms with E-state index in [1.165, 1.54) is 6.08 Å². The molecule has 0 bridgehead atoms. The molecule has 0 atom stereocenters. The van der Waals surface area contributed by atoms with Crippen molar-refractivity contribution < 1.29 is 21.6 Å². The molecule has 1 aromatic rings. The lowest BCUT2D eigenvalue weighted by Crippen LogP contribution is -2.25. The number of benzene rings is 1. The van der Waals surface area contributed by atoms with E-state index in [1.807, 2.05) is 6.92 Å². The number of unbranched alkanes of at least 4 members (excludes halogenated alkanes) is 2. The molecule has 146 valence electrons. The molecule has 1 rings (SSSR count).